The number of benzene rings is 2. The minimum absolute atomic E-state index is 0.229. The van der Waals surface area contributed by atoms with Gasteiger partial charge in [-0.2, -0.15) is 0 Å². The second kappa shape index (κ2) is 8.78. The summed E-state index contributed by atoms with van der Waals surface area (Å²) in [6, 6.07) is 14.0. The number of carboxylic acid groups (broad SMARTS) is 1. The normalized spacial score (nSPS) is 18.3. The fourth-order valence-corrected chi connectivity index (χ4v) is 3.51. The Labute approximate surface area is 165 Å². The Hall–Kier alpha value is -3.02. The number of carbonyl (C=O) groups excluding carboxylic acids is 1. The van der Waals surface area contributed by atoms with Crippen molar-refractivity contribution >= 4 is 23.4 Å². The number of hydrogen-bond donors (Lipinski definition) is 2. The van der Waals surface area contributed by atoms with Crippen LogP contribution in [-0.2, 0) is 4.79 Å². The fraction of sp³-hybridized carbons (Fsp3) is 0.364. The summed E-state index contributed by atoms with van der Waals surface area (Å²) >= 11 is 0. The summed E-state index contributed by atoms with van der Waals surface area (Å²) in [5, 5.41) is 12.4. The van der Waals surface area contributed by atoms with Crippen LogP contribution in [0.1, 0.15) is 44.6 Å². The maximum Gasteiger partial charge on any atom is 0.326 e. The van der Waals surface area contributed by atoms with Crippen LogP contribution in [0.3, 0.4) is 0 Å². The molecule has 2 atom stereocenters. The van der Waals surface area contributed by atoms with Gasteiger partial charge in [-0.05, 0) is 55.7 Å². The van der Waals surface area contributed by atoms with Crippen LogP contribution in [0.5, 0.6) is 5.75 Å². The zero-order valence-corrected chi connectivity index (χ0v) is 16.2. The number of fused-ring (bicyclic) bond motifs is 1. The number of urea groups is 1. The highest BCUT2D eigenvalue weighted by Crippen LogP contribution is 2.38. The topological polar surface area (TPSA) is 78.9 Å². The van der Waals surface area contributed by atoms with Crippen molar-refractivity contribution in [3.63, 3.8) is 0 Å². The molecule has 2 aromatic carbocycles. The molecule has 2 amide bonds. The van der Waals surface area contributed by atoms with Crippen LogP contribution in [0.4, 0.5) is 16.2 Å². The number of hydrogen-bond acceptors (Lipinski definition) is 3. The zero-order valence-electron chi connectivity index (χ0n) is 16.2. The van der Waals surface area contributed by atoms with E-state index in [0.717, 1.165) is 18.6 Å². The molecule has 0 aromatic heterocycles. The average molecular weight is 382 g/mol. The summed E-state index contributed by atoms with van der Waals surface area (Å²) < 4.78 is 5.64. The third kappa shape index (κ3) is 4.27. The minimum Gasteiger partial charge on any atom is -0.494 e. The highest BCUT2D eigenvalue weighted by atomic mass is 16.5. The van der Waals surface area contributed by atoms with Crippen LogP contribution < -0.4 is 15.0 Å². The molecule has 2 N–H and O–H groups in total. The molecule has 2 unspecified atom stereocenters. The van der Waals surface area contributed by atoms with Gasteiger partial charge in [0, 0.05) is 17.4 Å². The van der Waals surface area contributed by atoms with Crippen LogP contribution in [0, 0.1) is 0 Å². The number of para-hydroxylation sites is 1. The molecule has 0 aliphatic carbocycles. The Morgan fingerprint density at radius 1 is 1.18 bits per heavy atom. The van der Waals surface area contributed by atoms with E-state index in [1.165, 1.54) is 0 Å². The highest BCUT2D eigenvalue weighted by Gasteiger charge is 2.36. The first-order valence-electron chi connectivity index (χ1n) is 9.66. The van der Waals surface area contributed by atoms with E-state index in [9.17, 15) is 14.7 Å². The Morgan fingerprint density at radius 2 is 1.89 bits per heavy atom. The van der Waals surface area contributed by atoms with Gasteiger partial charge in [-0.25, -0.2) is 4.79 Å². The van der Waals surface area contributed by atoms with E-state index in [2.05, 4.69) is 12.2 Å². The van der Waals surface area contributed by atoms with Crippen molar-refractivity contribution in [2.75, 3.05) is 16.8 Å². The van der Waals surface area contributed by atoms with Crippen molar-refractivity contribution in [2.24, 2.45) is 0 Å². The number of nitrogens with zero attached hydrogens (tertiary/aromatic N) is 1. The van der Waals surface area contributed by atoms with E-state index >= 15 is 0 Å². The first-order valence-corrected chi connectivity index (χ1v) is 9.66. The van der Waals surface area contributed by atoms with Crippen LogP contribution >= 0.6 is 0 Å². The van der Waals surface area contributed by atoms with E-state index in [0.29, 0.717) is 30.0 Å². The van der Waals surface area contributed by atoms with Gasteiger partial charge in [-0.15, -0.1) is 0 Å². The number of nitrogens with one attached hydrogen (secondary N) is 1. The highest BCUT2D eigenvalue weighted by molar-refractivity contribution is 6.03. The van der Waals surface area contributed by atoms with Crippen LogP contribution in [0.15, 0.2) is 48.5 Å². The summed E-state index contributed by atoms with van der Waals surface area (Å²) in [4.78, 5) is 26.2. The zero-order chi connectivity index (χ0) is 20.1. The lowest BCUT2D eigenvalue weighted by Gasteiger charge is -2.37. The van der Waals surface area contributed by atoms with Crippen LogP contribution in [-0.4, -0.2) is 29.8 Å². The fourth-order valence-electron chi connectivity index (χ4n) is 3.51. The van der Waals surface area contributed by atoms with Gasteiger partial charge in [0.1, 0.15) is 5.75 Å². The Bertz CT molecular complexity index is 835. The quantitative estimate of drug-likeness (QED) is 0.699. The molecule has 3 rings (SSSR count). The van der Waals surface area contributed by atoms with Gasteiger partial charge in [0.15, 0.2) is 0 Å². The smallest absolute Gasteiger partial charge is 0.326 e. The third-order valence-electron chi connectivity index (χ3n) is 4.98. The van der Waals surface area contributed by atoms with Crippen molar-refractivity contribution < 1.29 is 19.4 Å². The lowest BCUT2D eigenvalue weighted by molar-refractivity contribution is -0.139. The molecule has 148 valence electrons. The second-order valence-corrected chi connectivity index (χ2v) is 7.06. The predicted molar refractivity (Wildman–Crippen MR) is 109 cm³/mol. The first-order chi connectivity index (χ1) is 13.5. The predicted octanol–water partition coefficient (Wildman–Crippen LogP) is 4.86. The molecule has 6 nitrogen and oxygen atoms in total. The molecular formula is C22H26N2O4. The molecule has 0 bridgehead atoms. The van der Waals surface area contributed by atoms with Gasteiger partial charge >= 0.3 is 12.0 Å². The van der Waals surface area contributed by atoms with Gasteiger partial charge < -0.3 is 15.2 Å². The second-order valence-electron chi connectivity index (χ2n) is 7.06. The molecule has 0 saturated carbocycles. The molecule has 0 spiro atoms. The van der Waals surface area contributed by atoms with E-state index in [-0.39, 0.29) is 12.1 Å². The van der Waals surface area contributed by atoms with Gasteiger partial charge in [0.05, 0.1) is 12.5 Å². The Morgan fingerprint density at radius 3 is 2.57 bits per heavy atom. The largest absolute Gasteiger partial charge is 0.494 e. The van der Waals surface area contributed by atoms with E-state index in [1.54, 1.807) is 35.2 Å². The lowest BCUT2D eigenvalue weighted by Crippen LogP contribution is -2.46. The summed E-state index contributed by atoms with van der Waals surface area (Å²) in [6.07, 6.45) is 2.46. The number of ether oxygens (including phenoxy) is 1. The van der Waals surface area contributed by atoms with Crippen molar-refractivity contribution in [3.8, 4) is 5.75 Å². The molecule has 1 aliphatic rings. The van der Waals surface area contributed by atoms with Crippen molar-refractivity contribution in [3.05, 3.63) is 54.1 Å². The van der Waals surface area contributed by atoms with Gasteiger partial charge in [-0.1, -0.05) is 31.5 Å². The van der Waals surface area contributed by atoms with Crippen molar-refractivity contribution in [1.82, 2.24) is 0 Å². The van der Waals surface area contributed by atoms with E-state index in [1.807, 2.05) is 25.1 Å². The Kier molecular flexibility index (Phi) is 6.19. The number of amides is 2. The summed E-state index contributed by atoms with van der Waals surface area (Å²) in [5.74, 6) is -0.694. The first kappa shape index (κ1) is 19.7. The average Bonchev–Trinajstić information content (AvgIpc) is 2.68. The molecule has 1 aliphatic heterocycles. The minimum atomic E-state index is -0.863. The number of carboxylic acids is 1. The number of aliphatic carboxylic acids is 1. The molecular weight excluding hydrogens is 356 g/mol. The molecule has 28 heavy (non-hydrogen) atoms. The SMILES string of the molecule is CCCCOc1ccc(NC(=O)N2c3ccccc3C(C(=O)O)CC2C)cc1. The number of carbonyl (C=O) groups is 2. The molecule has 1 heterocycles. The lowest BCUT2D eigenvalue weighted by atomic mass is 9.86. The number of rotatable bonds is 6. The molecule has 0 fully saturated rings. The van der Waals surface area contributed by atoms with E-state index < -0.39 is 11.9 Å². The summed E-state index contributed by atoms with van der Waals surface area (Å²) in [5.41, 5.74) is 1.98. The molecule has 0 radical (unpaired) electrons. The summed E-state index contributed by atoms with van der Waals surface area (Å²) in [6.45, 7) is 4.66. The molecule has 0 saturated heterocycles. The van der Waals surface area contributed by atoms with E-state index in [4.69, 9.17) is 4.74 Å². The van der Waals surface area contributed by atoms with Crippen molar-refractivity contribution in [1.29, 1.82) is 0 Å². The maximum atomic E-state index is 12.9. The summed E-state index contributed by atoms with van der Waals surface area (Å²) in [7, 11) is 0. The van der Waals surface area contributed by atoms with Crippen LogP contribution in [0.2, 0.25) is 0 Å². The standard InChI is InChI=1S/C22H26N2O4/c1-3-4-13-28-17-11-9-16(10-12-17)23-22(27)24-15(2)14-19(21(25)26)18-7-5-6-8-20(18)24/h5-12,15,19H,3-4,13-14H2,1-2H3,(H,23,27)(H,25,26). The van der Waals surface area contributed by atoms with Crippen molar-refractivity contribution in [2.45, 2.75) is 45.1 Å². The van der Waals surface area contributed by atoms with Gasteiger partial charge in [-0.3, -0.25) is 9.69 Å². The monoisotopic (exact) mass is 382 g/mol. The Balaban J connectivity index is 1.75. The van der Waals surface area contributed by atoms with Gasteiger partial charge in [0.2, 0.25) is 0 Å². The maximum absolute atomic E-state index is 12.9. The third-order valence-corrected chi connectivity index (χ3v) is 4.98. The number of unbranched alkanes of at least 4 members (excludes halogenated alkanes) is 1. The molecule has 6 heteroatoms. The van der Waals surface area contributed by atoms with Gasteiger partial charge in [0.25, 0.3) is 0 Å². The van der Waals surface area contributed by atoms with Crippen LogP contribution in [0.25, 0.3) is 0 Å². The molecule has 2 aromatic rings. The number of anilines is 2.